The van der Waals surface area contributed by atoms with Crippen LogP contribution < -0.4 is 10.4 Å². The van der Waals surface area contributed by atoms with E-state index in [0.717, 1.165) is 0 Å². The summed E-state index contributed by atoms with van der Waals surface area (Å²) in [5.74, 6) is -0.359. The molecular weight excluding hydrogens is 388 g/mol. The predicted octanol–water partition coefficient (Wildman–Crippen LogP) is 4.13. The average Bonchev–Trinajstić information content (AvgIpc) is 2.73. The Balaban J connectivity index is 2.38. The van der Waals surface area contributed by atoms with Crippen molar-refractivity contribution in [2.45, 2.75) is 58.3 Å². The Kier molecular flexibility index (Phi) is 8.62. The van der Waals surface area contributed by atoms with E-state index in [1.54, 1.807) is 6.08 Å². The van der Waals surface area contributed by atoms with Crippen molar-refractivity contribution in [1.82, 2.24) is 0 Å². The molecule has 0 saturated carbocycles. The summed E-state index contributed by atoms with van der Waals surface area (Å²) in [6, 6.07) is 21.0. The van der Waals surface area contributed by atoms with E-state index in [1.165, 1.54) is 10.4 Å². The molecule has 0 saturated heterocycles. The predicted molar refractivity (Wildman–Crippen MR) is 129 cm³/mol. The van der Waals surface area contributed by atoms with E-state index in [4.69, 9.17) is 4.43 Å². The second kappa shape index (κ2) is 10.5. The zero-order chi connectivity index (χ0) is 22.4. The standard InChI is InChI=1S/C26H38O3Si/c1-7-14-24(27)21(3)25(28)20(2)19-29-30(26(4,5)6,22-15-10-8-11-16-22)23-17-12-9-13-18-23/h7-13,15-18,20-21,24-25,27-28H,1,14,19H2,2-6H3/t20-,21-,24+,25-/m1/s1. The van der Waals surface area contributed by atoms with E-state index in [-0.39, 0.29) is 16.9 Å². The third kappa shape index (κ3) is 5.30. The lowest BCUT2D eigenvalue weighted by Gasteiger charge is -2.44. The number of benzene rings is 2. The largest absolute Gasteiger partial charge is 0.407 e. The number of rotatable bonds is 10. The molecule has 2 aromatic rings. The number of hydrogen-bond donors (Lipinski definition) is 2. The van der Waals surface area contributed by atoms with Gasteiger partial charge in [-0.1, -0.05) is 101 Å². The lowest BCUT2D eigenvalue weighted by atomic mass is 9.88. The lowest BCUT2D eigenvalue weighted by Crippen LogP contribution is -2.67. The molecule has 0 aromatic heterocycles. The summed E-state index contributed by atoms with van der Waals surface area (Å²) in [5, 5.41) is 23.5. The Morgan fingerprint density at radius 1 is 0.933 bits per heavy atom. The molecule has 30 heavy (non-hydrogen) atoms. The van der Waals surface area contributed by atoms with Crippen molar-refractivity contribution in [3.05, 3.63) is 73.3 Å². The fourth-order valence-electron chi connectivity index (χ4n) is 4.25. The van der Waals surface area contributed by atoms with E-state index >= 15 is 0 Å². The van der Waals surface area contributed by atoms with Crippen LogP contribution in [0.5, 0.6) is 0 Å². The molecule has 0 heterocycles. The summed E-state index contributed by atoms with van der Waals surface area (Å²) in [6.07, 6.45) is 0.906. The minimum atomic E-state index is -2.62. The van der Waals surface area contributed by atoms with E-state index < -0.39 is 20.5 Å². The van der Waals surface area contributed by atoms with Gasteiger partial charge in [0.05, 0.1) is 12.2 Å². The summed E-state index contributed by atoms with van der Waals surface area (Å²) in [7, 11) is -2.62. The fraction of sp³-hybridized carbons (Fsp3) is 0.462. The maximum Gasteiger partial charge on any atom is 0.261 e. The first-order valence-electron chi connectivity index (χ1n) is 10.9. The molecule has 164 valence electrons. The van der Waals surface area contributed by atoms with E-state index in [2.05, 4.69) is 75.9 Å². The van der Waals surface area contributed by atoms with Gasteiger partial charge in [-0.05, 0) is 21.8 Å². The van der Waals surface area contributed by atoms with Gasteiger partial charge in [-0.2, -0.15) is 0 Å². The molecule has 4 heteroatoms. The molecule has 0 aliphatic rings. The lowest BCUT2D eigenvalue weighted by molar-refractivity contribution is -0.0162. The van der Waals surface area contributed by atoms with Crippen LogP contribution in [0.15, 0.2) is 73.3 Å². The molecule has 0 aliphatic carbocycles. The van der Waals surface area contributed by atoms with Crippen LogP contribution in [0.1, 0.15) is 41.0 Å². The molecule has 2 N–H and O–H groups in total. The molecule has 0 aliphatic heterocycles. The number of aliphatic hydroxyl groups is 2. The highest BCUT2D eigenvalue weighted by molar-refractivity contribution is 6.99. The van der Waals surface area contributed by atoms with Crippen LogP contribution in [0.3, 0.4) is 0 Å². The second-order valence-electron chi connectivity index (χ2n) is 9.39. The highest BCUT2D eigenvalue weighted by Gasteiger charge is 2.50. The van der Waals surface area contributed by atoms with Gasteiger partial charge in [0.15, 0.2) is 0 Å². The third-order valence-electron chi connectivity index (χ3n) is 6.12. The molecule has 0 unspecified atom stereocenters. The zero-order valence-electron chi connectivity index (χ0n) is 19.1. The Morgan fingerprint density at radius 3 is 1.80 bits per heavy atom. The Labute approximate surface area is 183 Å². The van der Waals surface area contributed by atoms with Crippen molar-refractivity contribution >= 4 is 18.7 Å². The molecule has 0 fully saturated rings. The van der Waals surface area contributed by atoms with Crippen LogP contribution in [-0.2, 0) is 4.43 Å². The molecule has 4 atom stereocenters. The summed E-state index contributed by atoms with van der Waals surface area (Å²) >= 11 is 0. The highest BCUT2D eigenvalue weighted by atomic mass is 28.4. The van der Waals surface area contributed by atoms with E-state index in [9.17, 15) is 10.2 Å². The summed E-state index contributed by atoms with van der Waals surface area (Å²) in [6.45, 7) is 14.7. The molecule has 0 spiro atoms. The quantitative estimate of drug-likeness (QED) is 0.444. The van der Waals surface area contributed by atoms with Crippen molar-refractivity contribution in [2.75, 3.05) is 6.61 Å². The molecule has 2 aromatic carbocycles. The zero-order valence-corrected chi connectivity index (χ0v) is 20.1. The molecule has 0 radical (unpaired) electrons. The van der Waals surface area contributed by atoms with Crippen LogP contribution in [0.2, 0.25) is 5.04 Å². The van der Waals surface area contributed by atoms with Crippen molar-refractivity contribution < 1.29 is 14.6 Å². The Morgan fingerprint density at radius 2 is 1.40 bits per heavy atom. The Bertz CT molecular complexity index is 730. The topological polar surface area (TPSA) is 49.7 Å². The van der Waals surface area contributed by atoms with Gasteiger partial charge in [0, 0.05) is 18.4 Å². The minimum absolute atomic E-state index is 0.103. The number of hydrogen-bond acceptors (Lipinski definition) is 3. The molecule has 2 rings (SSSR count). The first kappa shape index (κ1) is 24.5. The SMILES string of the molecule is C=CC[C@H](O)[C@@H](C)[C@H](O)[C@H](C)CO[Si](c1ccccc1)(c1ccccc1)C(C)(C)C. The van der Waals surface area contributed by atoms with Gasteiger partial charge >= 0.3 is 0 Å². The van der Waals surface area contributed by atoms with Crippen LogP contribution >= 0.6 is 0 Å². The van der Waals surface area contributed by atoms with Gasteiger partial charge in [-0.3, -0.25) is 0 Å². The van der Waals surface area contributed by atoms with Crippen molar-refractivity contribution in [2.24, 2.45) is 11.8 Å². The van der Waals surface area contributed by atoms with Gasteiger partial charge in [0.25, 0.3) is 8.32 Å². The van der Waals surface area contributed by atoms with Crippen molar-refractivity contribution in [3.63, 3.8) is 0 Å². The molecule has 0 bridgehead atoms. The first-order chi connectivity index (χ1) is 14.1. The van der Waals surface area contributed by atoms with Gasteiger partial charge in [-0.15, -0.1) is 6.58 Å². The van der Waals surface area contributed by atoms with Gasteiger partial charge in [0.1, 0.15) is 0 Å². The van der Waals surface area contributed by atoms with Gasteiger partial charge < -0.3 is 14.6 Å². The third-order valence-corrected chi connectivity index (χ3v) is 11.1. The summed E-state index contributed by atoms with van der Waals surface area (Å²) < 4.78 is 6.92. The maximum absolute atomic E-state index is 10.9. The van der Waals surface area contributed by atoms with Gasteiger partial charge in [-0.25, -0.2) is 0 Å². The monoisotopic (exact) mass is 426 g/mol. The van der Waals surface area contributed by atoms with Crippen LogP contribution in [0.4, 0.5) is 0 Å². The first-order valence-corrected chi connectivity index (χ1v) is 12.8. The maximum atomic E-state index is 10.9. The van der Waals surface area contributed by atoms with Crippen LogP contribution in [-0.4, -0.2) is 37.3 Å². The van der Waals surface area contributed by atoms with Crippen molar-refractivity contribution in [1.29, 1.82) is 0 Å². The van der Waals surface area contributed by atoms with Crippen LogP contribution in [0.25, 0.3) is 0 Å². The molecule has 3 nitrogen and oxygen atoms in total. The van der Waals surface area contributed by atoms with E-state index in [0.29, 0.717) is 13.0 Å². The fourth-order valence-corrected chi connectivity index (χ4v) is 8.92. The van der Waals surface area contributed by atoms with E-state index in [1.807, 2.05) is 26.0 Å². The summed E-state index contributed by atoms with van der Waals surface area (Å²) in [4.78, 5) is 0. The normalized spacial score (nSPS) is 16.5. The second-order valence-corrected chi connectivity index (χ2v) is 13.7. The highest BCUT2D eigenvalue weighted by Crippen LogP contribution is 2.37. The Hall–Kier alpha value is -1.72. The molecular formula is C26H38O3Si. The van der Waals surface area contributed by atoms with Crippen LogP contribution in [0, 0.1) is 11.8 Å². The minimum Gasteiger partial charge on any atom is -0.407 e. The van der Waals surface area contributed by atoms with Crippen molar-refractivity contribution in [3.8, 4) is 0 Å². The average molecular weight is 427 g/mol. The van der Waals surface area contributed by atoms with Gasteiger partial charge in [0.2, 0.25) is 0 Å². The smallest absolute Gasteiger partial charge is 0.261 e. The number of aliphatic hydroxyl groups excluding tert-OH is 2. The summed E-state index contributed by atoms with van der Waals surface area (Å²) in [5.41, 5.74) is 0. The molecule has 0 amide bonds.